The molecule has 4 heterocycles. The highest BCUT2D eigenvalue weighted by Gasteiger charge is 2.55. The topological polar surface area (TPSA) is 391 Å². The number of carbonyl (C=O) groups excluding carboxylic acids is 1. The summed E-state index contributed by atoms with van der Waals surface area (Å²) in [4.78, 5) is 23.2. The summed E-state index contributed by atoms with van der Waals surface area (Å²) in [7, 11) is 0. The zero-order valence-corrected chi connectivity index (χ0v) is 32.3. The SMILES string of the molecule is O=C(O)CC(=O)OC[C@H]1O[C@@H](OC2CC3C(O)CC(O)CC3OC2C2CCC(O[C@@H]3O[C@H](CO)[C@@H](O)[C@H](O)[C@H]3O)C(O)C2)[C@H](O)[C@@H](O[C@@H]2O[C@H](CO)[C@@H](O)[C@H](O)[C@H]2O)[C@@H]1O. The minimum atomic E-state index is -1.97. The van der Waals surface area contributed by atoms with Crippen molar-refractivity contribution >= 4 is 11.9 Å². The summed E-state index contributed by atoms with van der Waals surface area (Å²) in [5.74, 6) is -3.87. The van der Waals surface area contributed by atoms with Crippen LogP contribution < -0.4 is 0 Å². The van der Waals surface area contributed by atoms with E-state index in [2.05, 4.69) is 0 Å². The number of aliphatic carboxylic acids is 1. The molecule has 0 aromatic heterocycles. The van der Waals surface area contributed by atoms with Gasteiger partial charge in [-0.2, -0.15) is 0 Å². The molecule has 2 aliphatic carbocycles. The van der Waals surface area contributed by atoms with Crippen molar-refractivity contribution in [2.75, 3.05) is 19.8 Å². The number of fused-ring (bicyclic) bond motifs is 1. The van der Waals surface area contributed by atoms with E-state index < -0.39 is 185 Å². The minimum absolute atomic E-state index is 0.0209. The molecule has 6 fully saturated rings. The van der Waals surface area contributed by atoms with E-state index in [1.54, 1.807) is 0 Å². The van der Waals surface area contributed by atoms with Crippen LogP contribution in [0.5, 0.6) is 0 Å². The molecular formula is C36H58O24. The molecule has 24 heteroatoms. The normalized spacial score (nSPS) is 50.1. The summed E-state index contributed by atoms with van der Waals surface area (Å²) in [5.41, 5.74) is 0. The number of aliphatic hydroxyl groups excluding tert-OH is 13. The molecule has 0 spiro atoms. The van der Waals surface area contributed by atoms with E-state index in [0.29, 0.717) is 0 Å². The van der Waals surface area contributed by atoms with Crippen LogP contribution in [0.3, 0.4) is 0 Å². The van der Waals surface area contributed by atoms with E-state index in [4.69, 9.17) is 43.0 Å². The van der Waals surface area contributed by atoms with Gasteiger partial charge in [-0.1, -0.05) is 0 Å². The number of hydrogen-bond acceptors (Lipinski definition) is 23. The molecule has 6 rings (SSSR count). The highest BCUT2D eigenvalue weighted by molar-refractivity contribution is 5.90. The first-order valence-electron chi connectivity index (χ1n) is 20.1. The second-order valence-electron chi connectivity index (χ2n) is 16.5. The van der Waals surface area contributed by atoms with Crippen LogP contribution in [0.4, 0.5) is 0 Å². The van der Waals surface area contributed by atoms with E-state index in [1.165, 1.54) is 0 Å². The number of carboxylic acids is 1. The Morgan fingerprint density at radius 2 is 1.12 bits per heavy atom. The third-order valence-electron chi connectivity index (χ3n) is 12.4. The highest BCUT2D eigenvalue weighted by atomic mass is 16.7. The Kier molecular flexibility index (Phi) is 16.1. The number of carboxylic acid groups (broad SMARTS) is 1. The lowest BCUT2D eigenvalue weighted by atomic mass is 9.72. The Morgan fingerprint density at radius 3 is 1.70 bits per heavy atom. The molecule has 24 nitrogen and oxygen atoms in total. The Bertz CT molecular complexity index is 1410. The van der Waals surface area contributed by atoms with Gasteiger partial charge < -0.3 is 109 Å². The predicted molar refractivity (Wildman–Crippen MR) is 187 cm³/mol. The van der Waals surface area contributed by atoms with Crippen molar-refractivity contribution in [1.82, 2.24) is 0 Å². The van der Waals surface area contributed by atoms with E-state index in [9.17, 15) is 76.0 Å². The largest absolute Gasteiger partial charge is 0.481 e. The molecule has 0 radical (unpaired) electrons. The zero-order valence-electron chi connectivity index (χ0n) is 32.3. The quantitative estimate of drug-likeness (QED) is 0.0604. The van der Waals surface area contributed by atoms with Gasteiger partial charge >= 0.3 is 11.9 Å². The van der Waals surface area contributed by atoms with Crippen molar-refractivity contribution in [3.63, 3.8) is 0 Å². The maximum absolute atomic E-state index is 12.2. The molecule has 0 amide bonds. The standard InChI is InChI=1S/C36H58O24/c37-8-19-24(45)27(48)29(50)34(57-19)55-16-2-1-11(3-15(16)41)32-18(6-13-14(40)4-12(39)5-17(13)54-32)56-36-31(52)33(26(47)21(59-36)10-53-23(44)7-22(42)43)60-35-30(51)28(49)25(46)20(9-38)58-35/h11-21,24-41,45-52H,1-10H2,(H,42,43)/t11?,12?,13?,14?,15?,16?,17?,18?,19-,20-,21-,24-,25-,26-,27+,28+,29-,30-,31-,32?,33+,34-,35+,36-/m1/s1. The lowest BCUT2D eigenvalue weighted by Crippen LogP contribution is -2.66. The third-order valence-corrected chi connectivity index (χ3v) is 12.4. The first-order chi connectivity index (χ1) is 28.4. The molecule has 346 valence electrons. The molecule has 4 aliphatic heterocycles. The maximum atomic E-state index is 12.2. The fourth-order valence-corrected chi connectivity index (χ4v) is 9.07. The fraction of sp³-hybridized carbons (Fsp3) is 0.944. The smallest absolute Gasteiger partial charge is 0.317 e. The second-order valence-corrected chi connectivity index (χ2v) is 16.5. The van der Waals surface area contributed by atoms with Gasteiger partial charge in [-0.25, -0.2) is 0 Å². The molecule has 4 saturated heterocycles. The van der Waals surface area contributed by atoms with Crippen LogP contribution in [0.15, 0.2) is 0 Å². The van der Waals surface area contributed by atoms with Crippen LogP contribution in [0.25, 0.3) is 0 Å². The summed E-state index contributed by atoms with van der Waals surface area (Å²) in [6, 6.07) is 0. The van der Waals surface area contributed by atoms with E-state index >= 15 is 0 Å². The first kappa shape index (κ1) is 47.6. The average molecular weight is 875 g/mol. The summed E-state index contributed by atoms with van der Waals surface area (Å²) in [6.07, 6.45) is -33.2. The van der Waals surface area contributed by atoms with Crippen LogP contribution in [0, 0.1) is 11.8 Å². The Hall–Kier alpha value is -1.86. The van der Waals surface area contributed by atoms with Crippen molar-refractivity contribution in [1.29, 1.82) is 0 Å². The highest BCUT2D eigenvalue weighted by Crippen LogP contribution is 2.44. The van der Waals surface area contributed by atoms with E-state index in [-0.39, 0.29) is 38.5 Å². The van der Waals surface area contributed by atoms with Crippen molar-refractivity contribution in [2.45, 2.75) is 180 Å². The summed E-state index contributed by atoms with van der Waals surface area (Å²) in [6.45, 7) is -2.32. The number of ether oxygens (including phenoxy) is 8. The summed E-state index contributed by atoms with van der Waals surface area (Å²) >= 11 is 0. The zero-order chi connectivity index (χ0) is 43.7. The van der Waals surface area contributed by atoms with Crippen LogP contribution in [-0.4, -0.2) is 238 Å². The second kappa shape index (κ2) is 20.3. The molecular weight excluding hydrogens is 816 g/mol. The number of carbonyl (C=O) groups is 2. The van der Waals surface area contributed by atoms with Gasteiger partial charge in [0.05, 0.1) is 55.9 Å². The van der Waals surface area contributed by atoms with Crippen molar-refractivity contribution in [3.05, 3.63) is 0 Å². The van der Waals surface area contributed by atoms with E-state index in [0.717, 1.165) is 0 Å². The van der Waals surface area contributed by atoms with Crippen molar-refractivity contribution < 1.29 is 119 Å². The molecule has 60 heavy (non-hydrogen) atoms. The number of rotatable bonds is 13. The Labute approximate surface area is 342 Å². The lowest BCUT2D eigenvalue weighted by Gasteiger charge is -2.52. The van der Waals surface area contributed by atoms with Crippen LogP contribution in [-0.2, 0) is 47.5 Å². The van der Waals surface area contributed by atoms with Crippen LogP contribution in [0.1, 0.15) is 44.9 Å². The monoisotopic (exact) mass is 874 g/mol. The molecule has 0 aromatic rings. The third kappa shape index (κ3) is 10.4. The van der Waals surface area contributed by atoms with Gasteiger partial charge in [0.25, 0.3) is 0 Å². The average Bonchev–Trinajstić information content (AvgIpc) is 3.20. The van der Waals surface area contributed by atoms with E-state index in [1.807, 2.05) is 0 Å². The molecule has 24 atom stereocenters. The Morgan fingerprint density at radius 1 is 0.550 bits per heavy atom. The number of hydrogen-bond donors (Lipinski definition) is 14. The summed E-state index contributed by atoms with van der Waals surface area (Å²) < 4.78 is 46.3. The van der Waals surface area contributed by atoms with Crippen LogP contribution >= 0.6 is 0 Å². The molecule has 2 saturated carbocycles. The molecule has 14 N–H and O–H groups in total. The minimum Gasteiger partial charge on any atom is -0.481 e. The van der Waals surface area contributed by atoms with Crippen LogP contribution in [0.2, 0.25) is 0 Å². The van der Waals surface area contributed by atoms with Gasteiger partial charge in [0.15, 0.2) is 18.9 Å². The molecule has 9 unspecified atom stereocenters. The van der Waals surface area contributed by atoms with Gasteiger partial charge in [0.1, 0.15) is 86.3 Å². The molecule has 6 aliphatic rings. The Balaban J connectivity index is 1.22. The lowest BCUT2D eigenvalue weighted by molar-refractivity contribution is -0.370. The maximum Gasteiger partial charge on any atom is 0.317 e. The number of esters is 1. The summed E-state index contributed by atoms with van der Waals surface area (Å²) in [5, 5.41) is 146. The molecule has 0 bridgehead atoms. The predicted octanol–water partition coefficient (Wildman–Crippen LogP) is -7.34. The van der Waals surface area contributed by atoms with Crippen molar-refractivity contribution in [3.8, 4) is 0 Å². The van der Waals surface area contributed by atoms with Gasteiger partial charge in [-0.3, -0.25) is 9.59 Å². The number of aliphatic hydroxyl groups is 13. The van der Waals surface area contributed by atoms with Crippen molar-refractivity contribution in [2.24, 2.45) is 11.8 Å². The molecule has 0 aromatic carbocycles. The first-order valence-corrected chi connectivity index (χ1v) is 20.1. The van der Waals surface area contributed by atoms with Gasteiger partial charge in [0.2, 0.25) is 0 Å². The van der Waals surface area contributed by atoms with Gasteiger partial charge in [-0.15, -0.1) is 0 Å². The fourth-order valence-electron chi connectivity index (χ4n) is 9.07. The van der Waals surface area contributed by atoms with Gasteiger partial charge in [-0.05, 0) is 44.4 Å². The van der Waals surface area contributed by atoms with Gasteiger partial charge in [0, 0.05) is 5.92 Å².